The van der Waals surface area contributed by atoms with Crippen LogP contribution < -0.4 is 31.9 Å². The average molecular weight is 696 g/mol. The smallest absolute Gasteiger partial charge is 0.243 e. The molecular formula is C37H57N7O6. The summed E-state index contributed by atoms with van der Waals surface area (Å²) in [6, 6.07) is 1.35. The largest absolute Gasteiger partial charge is 0.361 e. The highest BCUT2D eigenvalue weighted by Gasteiger charge is 2.36. The molecule has 0 radical (unpaired) electrons. The predicted molar refractivity (Wildman–Crippen MR) is 192 cm³/mol. The molecule has 0 unspecified atom stereocenters. The number of carbonyl (C=O) groups excluding carboxylic acids is 6. The number of amides is 6. The Morgan fingerprint density at radius 3 is 1.66 bits per heavy atom. The van der Waals surface area contributed by atoms with E-state index < -0.39 is 71.7 Å². The van der Waals surface area contributed by atoms with Gasteiger partial charge in [0.15, 0.2) is 0 Å². The van der Waals surface area contributed by atoms with Crippen molar-refractivity contribution < 1.29 is 28.8 Å². The van der Waals surface area contributed by atoms with E-state index in [1.165, 1.54) is 6.92 Å². The third-order valence-electron chi connectivity index (χ3n) is 9.20. The first-order chi connectivity index (χ1) is 23.5. The van der Waals surface area contributed by atoms with Gasteiger partial charge in [0, 0.05) is 23.5 Å². The Morgan fingerprint density at radius 2 is 1.10 bits per heavy atom. The van der Waals surface area contributed by atoms with Gasteiger partial charge in [-0.1, -0.05) is 80.0 Å². The first-order valence-electron chi connectivity index (χ1n) is 17.9. The summed E-state index contributed by atoms with van der Waals surface area (Å²) < 4.78 is 0. The van der Waals surface area contributed by atoms with Crippen LogP contribution in [0.3, 0.4) is 0 Å². The summed E-state index contributed by atoms with van der Waals surface area (Å²) in [6.45, 7) is 16.4. The lowest BCUT2D eigenvalue weighted by molar-refractivity contribution is -0.137. The van der Waals surface area contributed by atoms with Crippen LogP contribution in [0.1, 0.15) is 87.1 Å². The Morgan fingerprint density at radius 1 is 0.600 bits per heavy atom. The van der Waals surface area contributed by atoms with Gasteiger partial charge in [0.2, 0.25) is 35.4 Å². The second-order valence-corrected chi connectivity index (χ2v) is 14.8. The highest BCUT2D eigenvalue weighted by Crippen LogP contribution is 2.20. The van der Waals surface area contributed by atoms with Crippen molar-refractivity contribution in [2.24, 2.45) is 23.7 Å². The van der Waals surface area contributed by atoms with Crippen LogP contribution in [0, 0.1) is 23.7 Å². The molecule has 0 aliphatic carbocycles. The second kappa shape index (κ2) is 18.0. The molecule has 7 N–H and O–H groups in total. The Balaban J connectivity index is 2.08. The molecule has 1 fully saturated rings. The lowest BCUT2D eigenvalue weighted by Gasteiger charge is -2.31. The van der Waals surface area contributed by atoms with Crippen LogP contribution in [0.15, 0.2) is 30.5 Å². The van der Waals surface area contributed by atoms with E-state index in [0.717, 1.165) is 16.5 Å². The highest BCUT2D eigenvalue weighted by atomic mass is 16.2. The van der Waals surface area contributed by atoms with E-state index in [-0.39, 0.29) is 42.9 Å². The zero-order chi connectivity index (χ0) is 37.3. The maximum Gasteiger partial charge on any atom is 0.243 e. The van der Waals surface area contributed by atoms with Crippen LogP contribution in [-0.4, -0.2) is 76.7 Å². The molecular weight excluding hydrogens is 638 g/mol. The van der Waals surface area contributed by atoms with Gasteiger partial charge in [0.1, 0.15) is 36.3 Å². The van der Waals surface area contributed by atoms with Crippen molar-refractivity contribution in [1.82, 2.24) is 36.9 Å². The number of fused-ring (bicyclic) bond motifs is 1. The molecule has 13 heteroatoms. The fourth-order valence-electron chi connectivity index (χ4n) is 6.08. The minimum atomic E-state index is -1.12. The number of carbonyl (C=O) groups is 6. The molecule has 0 bridgehead atoms. The Kier molecular flexibility index (Phi) is 14.4. The standard InChI is InChI=1S/C37H57N7O6/c1-10-22(8)31-37(50)43-30(21(6)7)36(49)42-28(16-20(4)5)35(48)40-27(15-19(2)3)34(47)41-29(33(46)39-23(9)32(45)44-31)17-24-18-38-26-14-12-11-13-25(24)26/h11-14,18-23,27-31,38H,10,15-17H2,1-9H3,(H,39,46)(H,40,48)(H,41,47)(H,42,49)(H,43,50)(H,44,45)/t22-,23+,27-,28+,29-,30-,31+/m0/s1. The van der Waals surface area contributed by atoms with E-state index in [2.05, 4.69) is 36.9 Å². The molecule has 1 aromatic carbocycles. The number of hydrogen-bond acceptors (Lipinski definition) is 6. The molecule has 2 aromatic rings. The zero-order valence-electron chi connectivity index (χ0n) is 30.9. The number of rotatable bonds is 9. The van der Waals surface area contributed by atoms with Crippen molar-refractivity contribution in [1.29, 1.82) is 0 Å². The number of H-pyrrole nitrogens is 1. The van der Waals surface area contributed by atoms with Crippen molar-refractivity contribution in [3.63, 3.8) is 0 Å². The monoisotopic (exact) mass is 695 g/mol. The summed E-state index contributed by atoms with van der Waals surface area (Å²) in [4.78, 5) is 85.8. The van der Waals surface area contributed by atoms with Gasteiger partial charge in [-0.2, -0.15) is 0 Å². The highest BCUT2D eigenvalue weighted by molar-refractivity contribution is 5.98. The van der Waals surface area contributed by atoms with E-state index in [0.29, 0.717) is 6.42 Å². The summed E-state index contributed by atoms with van der Waals surface area (Å²) >= 11 is 0. The number of aromatic amines is 1. The molecule has 7 atom stereocenters. The Hall–Kier alpha value is -4.42. The molecule has 0 spiro atoms. The van der Waals surface area contributed by atoms with Crippen LogP contribution in [0.2, 0.25) is 0 Å². The van der Waals surface area contributed by atoms with Crippen molar-refractivity contribution in [2.75, 3.05) is 0 Å². The summed E-state index contributed by atoms with van der Waals surface area (Å²) in [5.41, 5.74) is 1.64. The maximum atomic E-state index is 14.0. The SMILES string of the molecule is CC[C@H](C)[C@H]1NC(=O)[C@@H](C)NC(=O)[C@H](Cc2c[nH]c3ccccc23)NC(=O)[C@H](CC(C)C)NC(=O)[C@@H](CC(C)C)NC(=O)[C@H](C(C)C)NC1=O. The number of hydrogen-bond donors (Lipinski definition) is 7. The van der Waals surface area contributed by atoms with Crippen molar-refractivity contribution >= 4 is 46.3 Å². The molecule has 1 saturated heterocycles. The Bertz CT molecular complexity index is 1520. The quantitative estimate of drug-likeness (QED) is 0.211. The minimum Gasteiger partial charge on any atom is -0.361 e. The first kappa shape index (κ1) is 40.0. The summed E-state index contributed by atoms with van der Waals surface area (Å²) in [6.07, 6.45) is 2.96. The Labute approximate surface area is 295 Å². The summed E-state index contributed by atoms with van der Waals surface area (Å²) in [5, 5.41) is 17.7. The van der Waals surface area contributed by atoms with Gasteiger partial charge >= 0.3 is 0 Å². The van der Waals surface area contributed by atoms with E-state index in [9.17, 15) is 28.8 Å². The molecule has 1 aliphatic heterocycles. The van der Waals surface area contributed by atoms with Gasteiger partial charge in [0.05, 0.1) is 0 Å². The molecule has 6 amide bonds. The van der Waals surface area contributed by atoms with Crippen LogP contribution in [0.25, 0.3) is 10.9 Å². The number of benzene rings is 1. The predicted octanol–water partition coefficient (Wildman–Crippen LogP) is 2.45. The maximum absolute atomic E-state index is 14.0. The molecule has 13 nitrogen and oxygen atoms in total. The van der Waals surface area contributed by atoms with E-state index in [1.54, 1.807) is 20.0 Å². The second-order valence-electron chi connectivity index (χ2n) is 14.8. The number of nitrogens with one attached hydrogen (secondary N) is 7. The van der Waals surface area contributed by atoms with E-state index >= 15 is 0 Å². The van der Waals surface area contributed by atoms with Crippen molar-refractivity contribution in [3.05, 3.63) is 36.0 Å². The lowest BCUT2D eigenvalue weighted by Crippen LogP contribution is -2.62. The fourth-order valence-corrected chi connectivity index (χ4v) is 6.08. The summed E-state index contributed by atoms with van der Waals surface area (Å²) in [5.74, 6) is -4.07. The van der Waals surface area contributed by atoms with Gasteiger partial charge in [-0.25, -0.2) is 0 Å². The molecule has 3 rings (SSSR count). The van der Waals surface area contributed by atoms with Gasteiger partial charge in [-0.15, -0.1) is 0 Å². The van der Waals surface area contributed by atoms with Crippen LogP contribution in [-0.2, 0) is 35.2 Å². The minimum absolute atomic E-state index is 0.00427. The van der Waals surface area contributed by atoms with Gasteiger partial charge in [-0.3, -0.25) is 28.8 Å². The third kappa shape index (κ3) is 10.8. The topological polar surface area (TPSA) is 190 Å². The number of para-hydroxylation sites is 1. The molecule has 1 aromatic heterocycles. The third-order valence-corrected chi connectivity index (χ3v) is 9.20. The lowest BCUT2D eigenvalue weighted by atomic mass is 9.95. The van der Waals surface area contributed by atoms with E-state index in [1.807, 2.05) is 65.8 Å². The van der Waals surface area contributed by atoms with Gasteiger partial charge in [0.25, 0.3) is 0 Å². The molecule has 1 aliphatic rings. The number of aromatic nitrogens is 1. The van der Waals surface area contributed by atoms with Crippen LogP contribution in [0.4, 0.5) is 0 Å². The van der Waals surface area contributed by atoms with Crippen molar-refractivity contribution in [3.8, 4) is 0 Å². The molecule has 0 saturated carbocycles. The van der Waals surface area contributed by atoms with Crippen LogP contribution in [0.5, 0.6) is 0 Å². The fraction of sp³-hybridized carbons (Fsp3) is 0.622. The zero-order valence-corrected chi connectivity index (χ0v) is 30.9. The van der Waals surface area contributed by atoms with E-state index in [4.69, 9.17) is 0 Å². The van der Waals surface area contributed by atoms with Gasteiger partial charge in [-0.05, 0) is 55.1 Å². The molecule has 2 heterocycles. The molecule has 276 valence electrons. The van der Waals surface area contributed by atoms with Gasteiger partial charge < -0.3 is 36.9 Å². The summed E-state index contributed by atoms with van der Waals surface area (Å²) in [7, 11) is 0. The average Bonchev–Trinajstić information content (AvgIpc) is 3.45. The molecule has 50 heavy (non-hydrogen) atoms. The van der Waals surface area contributed by atoms with Crippen molar-refractivity contribution in [2.45, 2.75) is 124 Å². The van der Waals surface area contributed by atoms with Crippen LogP contribution >= 0.6 is 0 Å². The normalized spacial score (nSPS) is 25.7. The first-order valence-corrected chi connectivity index (χ1v) is 17.9.